The summed E-state index contributed by atoms with van der Waals surface area (Å²) in [6.45, 7) is 2.16. The van der Waals surface area contributed by atoms with E-state index in [0.29, 0.717) is 5.92 Å². The zero-order chi connectivity index (χ0) is 12.7. The summed E-state index contributed by atoms with van der Waals surface area (Å²) in [6, 6.07) is 11.6. The number of nitrogens with zero attached hydrogens (tertiary/aromatic N) is 2. The van der Waals surface area contributed by atoms with Crippen molar-refractivity contribution < 1.29 is 0 Å². The van der Waals surface area contributed by atoms with Crippen molar-refractivity contribution >= 4 is 0 Å². The van der Waals surface area contributed by atoms with E-state index in [9.17, 15) is 0 Å². The molecule has 1 atom stereocenters. The molecule has 3 nitrogen and oxygen atoms in total. The van der Waals surface area contributed by atoms with Gasteiger partial charge in [0, 0.05) is 25.0 Å². The van der Waals surface area contributed by atoms with Crippen LogP contribution in [0.5, 0.6) is 0 Å². The van der Waals surface area contributed by atoms with Gasteiger partial charge in [-0.2, -0.15) is 0 Å². The Morgan fingerprint density at radius 3 is 2.74 bits per heavy atom. The van der Waals surface area contributed by atoms with Gasteiger partial charge < -0.3 is 4.98 Å². The van der Waals surface area contributed by atoms with E-state index >= 15 is 0 Å². The molecule has 0 bridgehead atoms. The smallest absolute Gasteiger partial charge is 0.0925 e. The van der Waals surface area contributed by atoms with Crippen LogP contribution in [0.4, 0.5) is 0 Å². The summed E-state index contributed by atoms with van der Waals surface area (Å²) < 4.78 is 0. The highest BCUT2D eigenvalue weighted by Crippen LogP contribution is 2.36. The van der Waals surface area contributed by atoms with Gasteiger partial charge in [0.2, 0.25) is 0 Å². The molecule has 1 aliphatic carbocycles. The number of imidazole rings is 1. The Morgan fingerprint density at radius 2 is 2.00 bits per heavy atom. The highest BCUT2D eigenvalue weighted by atomic mass is 15.2. The Morgan fingerprint density at radius 1 is 1.16 bits per heavy atom. The van der Waals surface area contributed by atoms with Crippen molar-refractivity contribution in [1.29, 1.82) is 0 Å². The lowest BCUT2D eigenvalue weighted by atomic mass is 9.85. The first-order chi connectivity index (χ1) is 9.42. The first-order valence-corrected chi connectivity index (χ1v) is 7.23. The average Bonchev–Trinajstić information content (AvgIpc) is 2.85. The molecule has 3 heteroatoms. The predicted molar refractivity (Wildman–Crippen MR) is 74.9 cm³/mol. The molecule has 1 unspecified atom stereocenters. The molecule has 0 amide bonds. The maximum Gasteiger partial charge on any atom is 0.0925 e. The number of hydrogen-bond acceptors (Lipinski definition) is 2. The van der Waals surface area contributed by atoms with Crippen molar-refractivity contribution in [3.63, 3.8) is 0 Å². The maximum absolute atomic E-state index is 4.57. The van der Waals surface area contributed by atoms with E-state index in [2.05, 4.69) is 45.2 Å². The Hall–Kier alpha value is -1.61. The number of aromatic amines is 1. The molecule has 19 heavy (non-hydrogen) atoms. The van der Waals surface area contributed by atoms with Gasteiger partial charge in [-0.15, -0.1) is 0 Å². The Balaban J connectivity index is 1.69. The molecule has 1 aliphatic heterocycles. The second-order valence-corrected chi connectivity index (χ2v) is 5.74. The first kappa shape index (κ1) is 11.2. The van der Waals surface area contributed by atoms with Gasteiger partial charge >= 0.3 is 0 Å². The van der Waals surface area contributed by atoms with E-state index in [1.807, 2.05) is 6.33 Å². The number of fused-ring (bicyclic) bond motifs is 1. The fourth-order valence-electron chi connectivity index (χ4n) is 3.33. The molecule has 2 heterocycles. The molecular weight excluding hydrogens is 234 g/mol. The second kappa shape index (κ2) is 4.49. The van der Waals surface area contributed by atoms with Gasteiger partial charge in [0.25, 0.3) is 0 Å². The van der Waals surface area contributed by atoms with Crippen molar-refractivity contribution in [1.82, 2.24) is 14.9 Å². The van der Waals surface area contributed by atoms with E-state index in [4.69, 9.17) is 0 Å². The Labute approximate surface area is 113 Å². The van der Waals surface area contributed by atoms with Crippen LogP contribution in [0.25, 0.3) is 0 Å². The number of hydrogen-bond donors (Lipinski definition) is 1. The molecule has 2 aliphatic rings. The number of nitrogens with one attached hydrogen (secondary N) is 1. The van der Waals surface area contributed by atoms with E-state index in [1.165, 1.54) is 36.2 Å². The minimum atomic E-state index is 0.428. The topological polar surface area (TPSA) is 31.9 Å². The fraction of sp³-hybridized carbons (Fsp3) is 0.438. The summed E-state index contributed by atoms with van der Waals surface area (Å²) in [7, 11) is 0. The van der Waals surface area contributed by atoms with Crippen LogP contribution >= 0.6 is 0 Å². The monoisotopic (exact) mass is 253 g/mol. The number of aromatic nitrogens is 2. The lowest BCUT2D eigenvalue weighted by Gasteiger charge is -2.41. The van der Waals surface area contributed by atoms with Gasteiger partial charge in [0.05, 0.1) is 17.7 Å². The standard InChI is InChI=1S/C16H19N3/c1-2-5-12(6-3-1)14-9-19(13-7-4-8-13)10-15-16(14)18-11-17-15/h1-3,5-6,11,13-14H,4,7-10H2,(H,17,18). The highest BCUT2D eigenvalue weighted by Gasteiger charge is 2.34. The second-order valence-electron chi connectivity index (χ2n) is 5.74. The molecule has 1 aromatic carbocycles. The minimum absolute atomic E-state index is 0.428. The summed E-state index contributed by atoms with van der Waals surface area (Å²) in [4.78, 5) is 10.5. The molecule has 1 fully saturated rings. The normalized spacial score (nSPS) is 23.9. The minimum Gasteiger partial charge on any atom is -0.347 e. The van der Waals surface area contributed by atoms with Crippen molar-refractivity contribution in [2.45, 2.75) is 37.8 Å². The van der Waals surface area contributed by atoms with Crippen LogP contribution in [0.1, 0.15) is 42.1 Å². The van der Waals surface area contributed by atoms with Gasteiger partial charge in [0.15, 0.2) is 0 Å². The molecule has 0 saturated heterocycles. The van der Waals surface area contributed by atoms with Crippen molar-refractivity contribution in [2.75, 3.05) is 6.54 Å². The third kappa shape index (κ3) is 1.89. The van der Waals surface area contributed by atoms with Crippen LogP contribution in [0.15, 0.2) is 36.7 Å². The third-order valence-electron chi connectivity index (χ3n) is 4.65. The molecule has 0 radical (unpaired) electrons. The van der Waals surface area contributed by atoms with Gasteiger partial charge in [-0.1, -0.05) is 36.8 Å². The lowest BCUT2D eigenvalue weighted by molar-refractivity contribution is 0.105. The summed E-state index contributed by atoms with van der Waals surface area (Å²) >= 11 is 0. The SMILES string of the molecule is c1ccc(C2CN(C3CCC3)Cc3[nH]cnc32)cc1. The van der Waals surface area contributed by atoms with Crippen LogP contribution in [0.3, 0.4) is 0 Å². The van der Waals surface area contributed by atoms with Gasteiger partial charge in [-0.05, 0) is 18.4 Å². The zero-order valence-corrected chi connectivity index (χ0v) is 11.0. The van der Waals surface area contributed by atoms with Gasteiger partial charge in [0.1, 0.15) is 0 Å². The van der Waals surface area contributed by atoms with Crippen molar-refractivity contribution in [3.05, 3.63) is 53.6 Å². The maximum atomic E-state index is 4.57. The van der Waals surface area contributed by atoms with E-state index in [1.54, 1.807) is 0 Å². The summed E-state index contributed by atoms with van der Waals surface area (Å²) in [6.07, 6.45) is 5.98. The summed E-state index contributed by atoms with van der Waals surface area (Å²) in [5, 5.41) is 0. The van der Waals surface area contributed by atoms with Crippen LogP contribution in [-0.4, -0.2) is 27.5 Å². The van der Waals surface area contributed by atoms with Crippen LogP contribution in [0, 0.1) is 0 Å². The molecule has 4 rings (SSSR count). The molecule has 1 N–H and O–H groups in total. The molecule has 0 spiro atoms. The number of rotatable bonds is 2. The van der Waals surface area contributed by atoms with Crippen LogP contribution in [-0.2, 0) is 6.54 Å². The van der Waals surface area contributed by atoms with Crippen molar-refractivity contribution in [3.8, 4) is 0 Å². The van der Waals surface area contributed by atoms with E-state index < -0.39 is 0 Å². The predicted octanol–water partition coefficient (Wildman–Crippen LogP) is 2.91. The number of H-pyrrole nitrogens is 1. The molecular formula is C16H19N3. The van der Waals surface area contributed by atoms with Crippen LogP contribution in [0.2, 0.25) is 0 Å². The molecule has 98 valence electrons. The largest absolute Gasteiger partial charge is 0.347 e. The Kier molecular flexibility index (Phi) is 2.66. The average molecular weight is 253 g/mol. The zero-order valence-electron chi connectivity index (χ0n) is 11.0. The fourth-order valence-corrected chi connectivity index (χ4v) is 3.33. The third-order valence-corrected chi connectivity index (χ3v) is 4.65. The molecule has 2 aromatic rings. The molecule has 1 saturated carbocycles. The van der Waals surface area contributed by atoms with Crippen molar-refractivity contribution in [2.24, 2.45) is 0 Å². The molecule has 1 aromatic heterocycles. The van der Waals surface area contributed by atoms with Gasteiger partial charge in [-0.3, -0.25) is 4.90 Å². The summed E-state index contributed by atoms with van der Waals surface area (Å²) in [5.41, 5.74) is 3.95. The van der Waals surface area contributed by atoms with Gasteiger partial charge in [-0.25, -0.2) is 4.98 Å². The van der Waals surface area contributed by atoms with E-state index in [-0.39, 0.29) is 0 Å². The first-order valence-electron chi connectivity index (χ1n) is 7.23. The summed E-state index contributed by atoms with van der Waals surface area (Å²) in [5.74, 6) is 0.428. The van der Waals surface area contributed by atoms with Crippen LogP contribution < -0.4 is 0 Å². The highest BCUT2D eigenvalue weighted by molar-refractivity contribution is 5.33. The quantitative estimate of drug-likeness (QED) is 0.892. The van der Waals surface area contributed by atoms with E-state index in [0.717, 1.165) is 19.1 Å². The Bertz CT molecular complexity index is 556. The number of benzene rings is 1. The lowest BCUT2D eigenvalue weighted by Crippen LogP contribution is -2.44.